The predicted molar refractivity (Wildman–Crippen MR) is 131 cm³/mol. The lowest BCUT2D eigenvalue weighted by molar-refractivity contribution is -0.145. The van der Waals surface area contributed by atoms with Gasteiger partial charge in [-0.05, 0) is 23.7 Å². The fourth-order valence-electron chi connectivity index (χ4n) is 4.18. The number of nitrogens with two attached hydrogens (primary N) is 1. The maximum atomic E-state index is 12.4. The van der Waals surface area contributed by atoms with E-state index in [9.17, 15) is 15.0 Å². The fourth-order valence-corrected chi connectivity index (χ4v) is 5.49. The standard InChI is InChI=1S/C23H33N5O5Si/c1-22(2,3)34(4,5)33-17-15(12-29)32-23(18(17)30,11-14-9-7-6-8-10-14)28-13-25-16-19(28)26-21(24)27-20(16)31/h6-10,13,15,17-18,29-30H,11-12H2,1-5H3,(H3,24,26,27,31)/t15-,17-,18-,23-/m1/s1. The average molecular weight is 488 g/mol. The fraction of sp³-hybridized carbons (Fsp3) is 0.522. The molecule has 10 nitrogen and oxygen atoms in total. The summed E-state index contributed by atoms with van der Waals surface area (Å²) in [5.74, 6) is -0.0746. The van der Waals surface area contributed by atoms with Crippen LogP contribution in [0.25, 0.3) is 11.2 Å². The van der Waals surface area contributed by atoms with Crippen LogP contribution in [-0.4, -0.2) is 63.0 Å². The second kappa shape index (κ2) is 8.58. The third-order valence-electron chi connectivity index (χ3n) is 7.05. The molecule has 11 heteroatoms. The molecule has 1 fully saturated rings. The maximum Gasteiger partial charge on any atom is 0.280 e. The predicted octanol–water partition coefficient (Wildman–Crippen LogP) is 1.74. The number of aliphatic hydroxyl groups excluding tert-OH is 2. The highest BCUT2D eigenvalue weighted by molar-refractivity contribution is 6.74. The number of aromatic nitrogens is 4. The summed E-state index contributed by atoms with van der Waals surface area (Å²) in [7, 11) is -2.35. The average Bonchev–Trinajstić information content (AvgIpc) is 3.29. The normalized spacial score (nSPS) is 25.8. The number of imidazole rings is 1. The Morgan fingerprint density at radius 1 is 1.29 bits per heavy atom. The summed E-state index contributed by atoms with van der Waals surface area (Å²) in [4.78, 5) is 23.4. The van der Waals surface area contributed by atoms with Gasteiger partial charge in [0.05, 0.1) is 12.9 Å². The molecule has 2 aromatic heterocycles. The molecule has 0 bridgehead atoms. The van der Waals surface area contributed by atoms with Crippen LogP contribution in [-0.2, 0) is 21.3 Å². The van der Waals surface area contributed by atoms with Crippen LogP contribution in [0.5, 0.6) is 0 Å². The quantitative estimate of drug-likeness (QED) is 0.384. The summed E-state index contributed by atoms with van der Waals surface area (Å²) in [6.45, 7) is 10.1. The van der Waals surface area contributed by atoms with Gasteiger partial charge in [-0.3, -0.25) is 14.3 Å². The van der Waals surface area contributed by atoms with Crippen molar-refractivity contribution in [2.24, 2.45) is 0 Å². The van der Waals surface area contributed by atoms with Gasteiger partial charge in [-0.25, -0.2) is 4.98 Å². The van der Waals surface area contributed by atoms with E-state index in [4.69, 9.17) is 14.9 Å². The summed E-state index contributed by atoms with van der Waals surface area (Å²) >= 11 is 0. The first-order chi connectivity index (χ1) is 15.9. The molecule has 34 heavy (non-hydrogen) atoms. The Labute approximate surface area is 198 Å². The molecule has 1 saturated heterocycles. The van der Waals surface area contributed by atoms with Crippen molar-refractivity contribution < 1.29 is 19.4 Å². The lowest BCUT2D eigenvalue weighted by Crippen LogP contribution is -2.52. The minimum absolute atomic E-state index is 0.0746. The van der Waals surface area contributed by atoms with Crippen LogP contribution in [0.2, 0.25) is 18.1 Å². The number of nitrogens with one attached hydrogen (secondary N) is 1. The van der Waals surface area contributed by atoms with E-state index in [-0.39, 0.29) is 35.2 Å². The van der Waals surface area contributed by atoms with Crippen LogP contribution in [0.1, 0.15) is 26.3 Å². The van der Waals surface area contributed by atoms with Crippen LogP contribution in [0.3, 0.4) is 0 Å². The number of nitrogen functional groups attached to an aromatic ring is 1. The van der Waals surface area contributed by atoms with Gasteiger partial charge >= 0.3 is 0 Å². The molecule has 3 heterocycles. The molecule has 5 N–H and O–H groups in total. The number of benzene rings is 1. The molecule has 3 aromatic rings. The van der Waals surface area contributed by atoms with Crippen LogP contribution < -0.4 is 11.3 Å². The molecule has 0 unspecified atom stereocenters. The van der Waals surface area contributed by atoms with Crippen molar-refractivity contribution in [2.75, 3.05) is 12.3 Å². The van der Waals surface area contributed by atoms with E-state index < -0.39 is 37.9 Å². The number of anilines is 1. The van der Waals surface area contributed by atoms with E-state index >= 15 is 0 Å². The highest BCUT2D eigenvalue weighted by Crippen LogP contribution is 2.45. The number of hydrogen-bond donors (Lipinski definition) is 4. The number of nitrogens with zero attached hydrogens (tertiary/aromatic N) is 3. The molecule has 0 saturated carbocycles. The molecule has 0 amide bonds. The van der Waals surface area contributed by atoms with Crippen molar-refractivity contribution in [3.05, 3.63) is 52.6 Å². The highest BCUT2D eigenvalue weighted by Gasteiger charge is 2.58. The molecule has 1 aromatic carbocycles. The van der Waals surface area contributed by atoms with Gasteiger partial charge in [-0.1, -0.05) is 51.1 Å². The Morgan fingerprint density at radius 3 is 2.59 bits per heavy atom. The Hall–Kier alpha value is -2.57. The number of hydrogen-bond acceptors (Lipinski definition) is 8. The van der Waals surface area contributed by atoms with Gasteiger partial charge < -0.3 is 25.1 Å². The lowest BCUT2D eigenvalue weighted by atomic mass is 9.95. The molecule has 4 rings (SSSR count). The Morgan fingerprint density at radius 2 is 1.97 bits per heavy atom. The monoisotopic (exact) mass is 487 g/mol. The van der Waals surface area contributed by atoms with Gasteiger partial charge in [0, 0.05) is 6.42 Å². The Balaban J connectivity index is 1.88. The molecule has 0 radical (unpaired) electrons. The molecule has 1 aliphatic rings. The zero-order valence-electron chi connectivity index (χ0n) is 20.1. The lowest BCUT2D eigenvalue weighted by Gasteiger charge is -2.40. The second-order valence-electron chi connectivity index (χ2n) is 10.4. The summed E-state index contributed by atoms with van der Waals surface area (Å²) in [6.07, 6.45) is -1.15. The second-order valence-corrected chi connectivity index (χ2v) is 15.1. The minimum Gasteiger partial charge on any atom is -0.408 e. The van der Waals surface area contributed by atoms with Gasteiger partial charge in [-0.2, -0.15) is 4.98 Å². The zero-order chi connectivity index (χ0) is 24.9. The van der Waals surface area contributed by atoms with E-state index in [1.165, 1.54) is 6.33 Å². The number of ether oxygens (including phenoxy) is 1. The minimum atomic E-state index is -2.35. The number of fused-ring (bicyclic) bond motifs is 1. The molecular weight excluding hydrogens is 454 g/mol. The van der Waals surface area contributed by atoms with Gasteiger partial charge in [0.25, 0.3) is 5.56 Å². The third-order valence-corrected chi connectivity index (χ3v) is 11.5. The van der Waals surface area contributed by atoms with Crippen molar-refractivity contribution in [3.63, 3.8) is 0 Å². The van der Waals surface area contributed by atoms with Crippen LogP contribution >= 0.6 is 0 Å². The maximum absolute atomic E-state index is 12.4. The first kappa shape index (κ1) is 24.5. The highest BCUT2D eigenvalue weighted by atomic mass is 28.4. The molecular formula is C23H33N5O5Si. The molecule has 4 atom stereocenters. The molecule has 0 aliphatic carbocycles. The Kier molecular flexibility index (Phi) is 6.19. The first-order valence-corrected chi connectivity index (χ1v) is 14.2. The van der Waals surface area contributed by atoms with E-state index in [1.807, 2.05) is 30.3 Å². The molecule has 184 valence electrons. The van der Waals surface area contributed by atoms with Crippen molar-refractivity contribution in [1.29, 1.82) is 0 Å². The zero-order valence-corrected chi connectivity index (χ0v) is 21.1. The van der Waals surface area contributed by atoms with E-state index in [1.54, 1.807) is 4.57 Å². The van der Waals surface area contributed by atoms with Crippen molar-refractivity contribution in [3.8, 4) is 0 Å². The van der Waals surface area contributed by atoms with E-state index in [0.29, 0.717) is 0 Å². The number of H-pyrrole nitrogens is 1. The van der Waals surface area contributed by atoms with E-state index in [0.717, 1.165) is 5.56 Å². The van der Waals surface area contributed by atoms with Crippen LogP contribution in [0.15, 0.2) is 41.5 Å². The summed E-state index contributed by atoms with van der Waals surface area (Å²) in [5, 5.41) is 21.9. The van der Waals surface area contributed by atoms with Gasteiger partial charge in [0.15, 0.2) is 25.2 Å². The van der Waals surface area contributed by atoms with Crippen LogP contribution in [0.4, 0.5) is 5.95 Å². The van der Waals surface area contributed by atoms with Crippen molar-refractivity contribution >= 4 is 25.4 Å². The summed E-state index contributed by atoms with van der Waals surface area (Å²) in [5.41, 5.74) is 5.03. The number of rotatable bonds is 6. The topological polar surface area (TPSA) is 149 Å². The number of aliphatic hydroxyl groups is 2. The first-order valence-electron chi connectivity index (χ1n) is 11.3. The number of aromatic amines is 1. The summed E-state index contributed by atoms with van der Waals surface area (Å²) in [6, 6.07) is 9.52. The van der Waals surface area contributed by atoms with Gasteiger partial charge in [-0.15, -0.1) is 0 Å². The largest absolute Gasteiger partial charge is 0.408 e. The summed E-state index contributed by atoms with van der Waals surface area (Å²) < 4.78 is 14.6. The SMILES string of the molecule is CC(C)(C)[Si](C)(C)O[C@H]1[C@@H](O)[C@](Cc2ccccc2)(n2cnc3c(=O)[nH]c(N)nc32)O[C@@H]1CO. The smallest absolute Gasteiger partial charge is 0.280 e. The van der Waals surface area contributed by atoms with Gasteiger partial charge in [0.2, 0.25) is 5.95 Å². The molecule has 1 aliphatic heterocycles. The molecule has 0 spiro atoms. The van der Waals surface area contributed by atoms with Crippen molar-refractivity contribution in [1.82, 2.24) is 19.5 Å². The van der Waals surface area contributed by atoms with E-state index in [2.05, 4.69) is 48.8 Å². The van der Waals surface area contributed by atoms with Gasteiger partial charge in [0.1, 0.15) is 18.3 Å². The third kappa shape index (κ3) is 4.07. The van der Waals surface area contributed by atoms with Crippen molar-refractivity contribution in [2.45, 2.75) is 69.4 Å². The Bertz CT molecular complexity index is 1220. The van der Waals surface area contributed by atoms with Crippen LogP contribution in [0, 0.1) is 0 Å².